The molecule has 20 heavy (non-hydrogen) atoms. The maximum absolute atomic E-state index is 12.5. The number of hydrogen-bond acceptors (Lipinski definition) is 2. The number of rotatable bonds is 2. The van der Waals surface area contributed by atoms with E-state index in [1.165, 1.54) is 32.1 Å². The second kappa shape index (κ2) is 3.86. The number of benzene rings is 1. The largest absolute Gasteiger partial charge is 0.243 e. The predicted molar refractivity (Wildman–Crippen MR) is 77.9 cm³/mol. The molecule has 0 aromatic heterocycles. The molecule has 3 fully saturated rings. The van der Waals surface area contributed by atoms with Crippen molar-refractivity contribution in [3.8, 4) is 0 Å². The van der Waals surface area contributed by atoms with Gasteiger partial charge in [-0.15, -0.1) is 0 Å². The van der Waals surface area contributed by atoms with Crippen LogP contribution in [-0.2, 0) is 10.0 Å². The van der Waals surface area contributed by atoms with Gasteiger partial charge in [-0.3, -0.25) is 0 Å². The Morgan fingerprint density at radius 3 is 2.10 bits per heavy atom. The first-order chi connectivity index (χ1) is 9.43. The number of aryl methyl sites for hydroxylation is 1. The first kappa shape index (κ1) is 12.8. The fourth-order valence-corrected chi connectivity index (χ4v) is 6.19. The molecule has 1 aliphatic heterocycles. The lowest BCUT2D eigenvalue weighted by Crippen LogP contribution is -2.67. The molecule has 4 rings (SSSR count). The van der Waals surface area contributed by atoms with Crippen molar-refractivity contribution in [2.45, 2.75) is 43.9 Å². The molecule has 2 spiro atoms. The molecular weight excluding hydrogens is 270 g/mol. The number of hydrogen-bond donors (Lipinski definition) is 0. The summed E-state index contributed by atoms with van der Waals surface area (Å²) >= 11 is 0. The van der Waals surface area contributed by atoms with Crippen LogP contribution in [0.2, 0.25) is 0 Å². The summed E-state index contributed by atoms with van der Waals surface area (Å²) in [4.78, 5) is 0.440. The lowest BCUT2D eigenvalue weighted by molar-refractivity contribution is -0.151. The minimum absolute atomic E-state index is 0.332. The quantitative estimate of drug-likeness (QED) is 0.840. The van der Waals surface area contributed by atoms with Crippen molar-refractivity contribution in [2.24, 2.45) is 10.8 Å². The highest BCUT2D eigenvalue weighted by Crippen LogP contribution is 2.67. The van der Waals surface area contributed by atoms with Gasteiger partial charge < -0.3 is 0 Å². The van der Waals surface area contributed by atoms with Crippen LogP contribution in [0, 0.1) is 17.8 Å². The van der Waals surface area contributed by atoms with Crippen molar-refractivity contribution in [1.82, 2.24) is 4.31 Å². The second-order valence-corrected chi connectivity index (χ2v) is 9.23. The van der Waals surface area contributed by atoms with Crippen LogP contribution in [0.4, 0.5) is 0 Å². The molecule has 2 aliphatic carbocycles. The van der Waals surface area contributed by atoms with E-state index in [1.54, 1.807) is 16.4 Å². The SMILES string of the molecule is Cc1ccc(S(=O)(=O)N2CC3(C2)CC2(CCC2)C3)cc1. The molecule has 4 heteroatoms. The first-order valence-electron chi connectivity index (χ1n) is 7.50. The summed E-state index contributed by atoms with van der Waals surface area (Å²) in [7, 11) is -3.26. The summed E-state index contributed by atoms with van der Waals surface area (Å²) in [6.45, 7) is 3.46. The molecule has 1 heterocycles. The Morgan fingerprint density at radius 1 is 1.00 bits per heavy atom. The van der Waals surface area contributed by atoms with Crippen LogP contribution in [0.25, 0.3) is 0 Å². The van der Waals surface area contributed by atoms with Gasteiger partial charge in [0.2, 0.25) is 10.0 Å². The highest BCUT2D eigenvalue weighted by atomic mass is 32.2. The van der Waals surface area contributed by atoms with Gasteiger partial charge in [-0.05, 0) is 55.6 Å². The summed E-state index contributed by atoms with van der Waals surface area (Å²) in [5.41, 5.74) is 2.05. The zero-order valence-electron chi connectivity index (χ0n) is 11.9. The number of nitrogens with zero attached hydrogens (tertiary/aromatic N) is 1. The molecule has 0 unspecified atom stereocenters. The van der Waals surface area contributed by atoms with Crippen LogP contribution in [0.3, 0.4) is 0 Å². The zero-order chi connectivity index (χ0) is 14.0. The molecule has 3 nitrogen and oxygen atoms in total. The van der Waals surface area contributed by atoms with Crippen molar-refractivity contribution in [3.63, 3.8) is 0 Å². The van der Waals surface area contributed by atoms with Gasteiger partial charge in [-0.1, -0.05) is 24.1 Å². The van der Waals surface area contributed by atoms with E-state index in [0.29, 0.717) is 15.7 Å². The topological polar surface area (TPSA) is 37.4 Å². The lowest BCUT2D eigenvalue weighted by Gasteiger charge is -2.67. The van der Waals surface area contributed by atoms with E-state index in [0.717, 1.165) is 18.7 Å². The zero-order valence-corrected chi connectivity index (χ0v) is 12.7. The Bertz CT molecular complexity index is 628. The van der Waals surface area contributed by atoms with Gasteiger partial charge in [0.15, 0.2) is 0 Å². The van der Waals surface area contributed by atoms with E-state index < -0.39 is 10.0 Å². The van der Waals surface area contributed by atoms with Gasteiger partial charge in [0.1, 0.15) is 0 Å². The average molecular weight is 291 g/mol. The third kappa shape index (κ3) is 1.70. The number of sulfonamides is 1. The molecule has 0 N–H and O–H groups in total. The summed E-state index contributed by atoms with van der Waals surface area (Å²) in [5.74, 6) is 0. The minimum atomic E-state index is -3.26. The molecular formula is C16H21NO2S. The van der Waals surface area contributed by atoms with Crippen LogP contribution >= 0.6 is 0 Å². The predicted octanol–water partition coefficient (Wildman–Crippen LogP) is 2.95. The molecule has 0 amide bonds. The lowest BCUT2D eigenvalue weighted by atomic mass is 9.43. The highest BCUT2D eigenvalue weighted by Gasteiger charge is 2.63. The summed E-state index contributed by atoms with van der Waals surface area (Å²) in [6.07, 6.45) is 6.65. The Labute approximate surface area is 121 Å². The van der Waals surface area contributed by atoms with Crippen LogP contribution in [0.15, 0.2) is 29.2 Å². The van der Waals surface area contributed by atoms with Crippen LogP contribution in [0.1, 0.15) is 37.7 Å². The molecule has 1 aromatic rings. The Morgan fingerprint density at radius 2 is 1.60 bits per heavy atom. The van der Waals surface area contributed by atoms with Crippen molar-refractivity contribution in [3.05, 3.63) is 29.8 Å². The van der Waals surface area contributed by atoms with Gasteiger partial charge in [-0.2, -0.15) is 4.31 Å². The van der Waals surface area contributed by atoms with Crippen LogP contribution in [-0.4, -0.2) is 25.8 Å². The second-order valence-electron chi connectivity index (χ2n) is 7.29. The first-order valence-corrected chi connectivity index (χ1v) is 8.94. The molecule has 3 aliphatic rings. The van der Waals surface area contributed by atoms with Crippen molar-refractivity contribution < 1.29 is 8.42 Å². The third-order valence-corrected chi connectivity index (χ3v) is 7.40. The smallest absolute Gasteiger partial charge is 0.207 e. The van der Waals surface area contributed by atoms with E-state index in [4.69, 9.17) is 0 Å². The van der Waals surface area contributed by atoms with E-state index >= 15 is 0 Å². The third-order valence-electron chi connectivity index (χ3n) is 5.60. The standard InChI is InChI=1S/C16H21NO2S/c1-13-3-5-14(6-4-13)20(18,19)17-11-16(12-17)9-15(10-16)7-2-8-15/h3-6H,2,7-12H2,1H3. The summed E-state index contributed by atoms with van der Waals surface area (Å²) < 4.78 is 26.7. The molecule has 0 bridgehead atoms. The molecule has 0 atom stereocenters. The summed E-state index contributed by atoms with van der Waals surface area (Å²) in [5, 5.41) is 0. The van der Waals surface area contributed by atoms with Gasteiger partial charge >= 0.3 is 0 Å². The fraction of sp³-hybridized carbons (Fsp3) is 0.625. The van der Waals surface area contributed by atoms with Gasteiger partial charge in [0.05, 0.1) is 4.90 Å². The van der Waals surface area contributed by atoms with Gasteiger partial charge in [-0.25, -0.2) is 8.42 Å². The Hall–Kier alpha value is -0.870. The van der Waals surface area contributed by atoms with Gasteiger partial charge in [0, 0.05) is 13.1 Å². The monoisotopic (exact) mass is 291 g/mol. The Kier molecular flexibility index (Phi) is 2.48. The molecule has 1 saturated heterocycles. The van der Waals surface area contributed by atoms with Crippen LogP contribution in [0.5, 0.6) is 0 Å². The molecule has 2 saturated carbocycles. The molecule has 1 aromatic carbocycles. The van der Waals surface area contributed by atoms with E-state index in [9.17, 15) is 8.42 Å². The van der Waals surface area contributed by atoms with E-state index in [1.807, 2.05) is 19.1 Å². The Balaban J connectivity index is 1.46. The van der Waals surface area contributed by atoms with Crippen LogP contribution < -0.4 is 0 Å². The summed E-state index contributed by atoms with van der Waals surface area (Å²) in [6, 6.07) is 7.19. The fourth-order valence-electron chi connectivity index (χ4n) is 4.52. The van der Waals surface area contributed by atoms with Crippen molar-refractivity contribution in [2.75, 3.05) is 13.1 Å². The minimum Gasteiger partial charge on any atom is -0.207 e. The maximum Gasteiger partial charge on any atom is 0.243 e. The average Bonchev–Trinajstić information content (AvgIpc) is 2.23. The normalized spacial score (nSPS) is 26.9. The molecule has 108 valence electrons. The van der Waals surface area contributed by atoms with Crippen molar-refractivity contribution >= 4 is 10.0 Å². The van der Waals surface area contributed by atoms with Gasteiger partial charge in [0.25, 0.3) is 0 Å². The maximum atomic E-state index is 12.5. The van der Waals surface area contributed by atoms with E-state index in [-0.39, 0.29) is 0 Å². The highest BCUT2D eigenvalue weighted by molar-refractivity contribution is 7.89. The van der Waals surface area contributed by atoms with E-state index in [2.05, 4.69) is 0 Å². The van der Waals surface area contributed by atoms with Crippen molar-refractivity contribution in [1.29, 1.82) is 0 Å². The molecule has 0 radical (unpaired) electrons.